The summed E-state index contributed by atoms with van der Waals surface area (Å²) in [6.45, 7) is 1.96. The van der Waals surface area contributed by atoms with Gasteiger partial charge in [-0.3, -0.25) is 4.79 Å². The molecule has 2 rings (SSSR count). The first-order chi connectivity index (χ1) is 11.0. The molecule has 1 aromatic heterocycles. The summed E-state index contributed by atoms with van der Waals surface area (Å²) >= 11 is 0. The summed E-state index contributed by atoms with van der Waals surface area (Å²) in [6, 6.07) is 7.76. The van der Waals surface area contributed by atoms with Gasteiger partial charge in [0.05, 0.1) is 12.7 Å². The second-order valence-electron chi connectivity index (χ2n) is 5.56. The average Bonchev–Trinajstić information content (AvgIpc) is 2.55. The minimum absolute atomic E-state index is 0.0349. The van der Waals surface area contributed by atoms with Gasteiger partial charge in [0.15, 0.2) is 0 Å². The van der Waals surface area contributed by atoms with E-state index in [1.165, 1.54) is 12.4 Å². The van der Waals surface area contributed by atoms with Crippen LogP contribution in [0.15, 0.2) is 36.7 Å². The van der Waals surface area contributed by atoms with Gasteiger partial charge in [0.1, 0.15) is 5.75 Å². The van der Waals surface area contributed by atoms with E-state index in [-0.39, 0.29) is 11.9 Å². The summed E-state index contributed by atoms with van der Waals surface area (Å²) in [6.07, 6.45) is 3.76. The van der Waals surface area contributed by atoms with E-state index in [0.29, 0.717) is 17.9 Å². The van der Waals surface area contributed by atoms with Gasteiger partial charge in [0, 0.05) is 32.5 Å². The molecule has 2 aromatic rings. The Morgan fingerprint density at radius 2 is 1.91 bits per heavy atom. The first-order valence-corrected chi connectivity index (χ1v) is 7.43. The second-order valence-corrected chi connectivity index (χ2v) is 5.56. The SMILES string of the molecule is COc1ccccc1CC(C)NC(=O)c1cnc(N(C)C)nc1. The van der Waals surface area contributed by atoms with Crippen LogP contribution in [0.2, 0.25) is 0 Å². The maximum atomic E-state index is 12.2. The summed E-state index contributed by atoms with van der Waals surface area (Å²) in [5.41, 5.74) is 1.50. The molecule has 0 aliphatic carbocycles. The van der Waals surface area contributed by atoms with E-state index in [1.807, 2.05) is 45.3 Å². The number of ether oxygens (including phenoxy) is 1. The number of amides is 1. The lowest BCUT2D eigenvalue weighted by molar-refractivity contribution is 0.0939. The molecule has 6 heteroatoms. The smallest absolute Gasteiger partial charge is 0.254 e. The van der Waals surface area contributed by atoms with Crippen LogP contribution in [0.25, 0.3) is 0 Å². The van der Waals surface area contributed by atoms with Gasteiger partial charge in [-0.05, 0) is 25.0 Å². The van der Waals surface area contributed by atoms with Crippen molar-refractivity contribution in [1.29, 1.82) is 0 Å². The van der Waals surface area contributed by atoms with Gasteiger partial charge < -0.3 is 15.0 Å². The number of benzene rings is 1. The molecule has 6 nitrogen and oxygen atoms in total. The van der Waals surface area contributed by atoms with Crippen LogP contribution >= 0.6 is 0 Å². The second kappa shape index (κ2) is 7.58. The number of hydrogen-bond donors (Lipinski definition) is 1. The van der Waals surface area contributed by atoms with Crippen molar-refractivity contribution in [2.75, 3.05) is 26.1 Å². The predicted octanol–water partition coefficient (Wildman–Crippen LogP) is 1.91. The molecule has 1 heterocycles. The van der Waals surface area contributed by atoms with Crippen LogP contribution in [0.4, 0.5) is 5.95 Å². The molecule has 0 aliphatic heterocycles. The van der Waals surface area contributed by atoms with E-state index in [0.717, 1.165) is 11.3 Å². The molecule has 1 unspecified atom stereocenters. The summed E-state index contributed by atoms with van der Waals surface area (Å²) in [4.78, 5) is 22.3. The third-order valence-corrected chi connectivity index (χ3v) is 3.40. The minimum Gasteiger partial charge on any atom is -0.496 e. The fourth-order valence-electron chi connectivity index (χ4n) is 2.23. The van der Waals surface area contributed by atoms with Crippen molar-refractivity contribution in [3.63, 3.8) is 0 Å². The van der Waals surface area contributed by atoms with Gasteiger partial charge in [-0.1, -0.05) is 18.2 Å². The molecule has 1 aromatic carbocycles. The number of rotatable bonds is 6. The Balaban J connectivity index is 1.99. The number of hydrogen-bond acceptors (Lipinski definition) is 5. The van der Waals surface area contributed by atoms with Gasteiger partial charge in [0.25, 0.3) is 5.91 Å². The predicted molar refractivity (Wildman–Crippen MR) is 90.0 cm³/mol. The van der Waals surface area contributed by atoms with Crippen molar-refractivity contribution in [2.45, 2.75) is 19.4 Å². The highest BCUT2D eigenvalue weighted by molar-refractivity contribution is 5.93. The van der Waals surface area contributed by atoms with Crippen molar-refractivity contribution in [3.8, 4) is 5.75 Å². The van der Waals surface area contributed by atoms with E-state index >= 15 is 0 Å². The first kappa shape index (κ1) is 16.7. The molecule has 122 valence electrons. The molecule has 1 N–H and O–H groups in total. The van der Waals surface area contributed by atoms with Gasteiger partial charge in [0.2, 0.25) is 5.95 Å². The molecule has 0 fully saturated rings. The van der Waals surface area contributed by atoms with Crippen LogP contribution in [-0.2, 0) is 6.42 Å². The van der Waals surface area contributed by atoms with Crippen LogP contribution in [-0.4, -0.2) is 43.1 Å². The molecule has 1 atom stereocenters. The van der Waals surface area contributed by atoms with E-state index < -0.39 is 0 Å². The molecule has 0 radical (unpaired) electrons. The number of anilines is 1. The largest absolute Gasteiger partial charge is 0.496 e. The fraction of sp³-hybridized carbons (Fsp3) is 0.353. The zero-order valence-electron chi connectivity index (χ0n) is 13.9. The summed E-state index contributed by atoms with van der Waals surface area (Å²) in [5, 5.41) is 2.96. The van der Waals surface area contributed by atoms with Gasteiger partial charge in [-0.25, -0.2) is 9.97 Å². The van der Waals surface area contributed by atoms with Crippen LogP contribution in [0.3, 0.4) is 0 Å². The number of para-hydroxylation sites is 1. The normalized spacial score (nSPS) is 11.7. The molecule has 0 bridgehead atoms. The van der Waals surface area contributed by atoms with Gasteiger partial charge in [-0.2, -0.15) is 0 Å². The summed E-state index contributed by atoms with van der Waals surface area (Å²) < 4.78 is 5.33. The maximum Gasteiger partial charge on any atom is 0.254 e. The number of nitrogens with zero attached hydrogens (tertiary/aromatic N) is 3. The standard InChI is InChI=1S/C17H22N4O2/c1-12(9-13-7-5-6-8-15(13)23-4)20-16(22)14-10-18-17(19-11-14)21(2)3/h5-8,10-12H,9H2,1-4H3,(H,20,22). The van der Waals surface area contributed by atoms with Crippen LogP contribution in [0, 0.1) is 0 Å². The highest BCUT2D eigenvalue weighted by atomic mass is 16.5. The fourth-order valence-corrected chi connectivity index (χ4v) is 2.23. The topological polar surface area (TPSA) is 67.3 Å². The Morgan fingerprint density at radius 1 is 1.26 bits per heavy atom. The molecule has 0 spiro atoms. The van der Waals surface area contributed by atoms with Crippen molar-refractivity contribution in [3.05, 3.63) is 47.8 Å². The Hall–Kier alpha value is -2.63. The van der Waals surface area contributed by atoms with Gasteiger partial charge in [-0.15, -0.1) is 0 Å². The van der Waals surface area contributed by atoms with E-state index in [9.17, 15) is 4.79 Å². The lowest BCUT2D eigenvalue weighted by Crippen LogP contribution is -2.34. The van der Waals surface area contributed by atoms with Crippen LogP contribution < -0.4 is 15.0 Å². The Kier molecular flexibility index (Phi) is 5.51. The number of carbonyl (C=O) groups excluding carboxylic acids is 1. The number of aromatic nitrogens is 2. The molecule has 0 saturated carbocycles. The van der Waals surface area contributed by atoms with E-state index in [2.05, 4.69) is 15.3 Å². The highest BCUT2D eigenvalue weighted by Crippen LogP contribution is 2.18. The maximum absolute atomic E-state index is 12.2. The Labute approximate surface area is 136 Å². The zero-order chi connectivity index (χ0) is 16.8. The lowest BCUT2D eigenvalue weighted by Gasteiger charge is -2.16. The number of carbonyl (C=O) groups is 1. The van der Waals surface area contributed by atoms with Crippen molar-refractivity contribution >= 4 is 11.9 Å². The zero-order valence-corrected chi connectivity index (χ0v) is 13.9. The van der Waals surface area contributed by atoms with Crippen molar-refractivity contribution in [1.82, 2.24) is 15.3 Å². The van der Waals surface area contributed by atoms with E-state index in [1.54, 1.807) is 12.0 Å². The Morgan fingerprint density at radius 3 is 2.52 bits per heavy atom. The molecule has 1 amide bonds. The first-order valence-electron chi connectivity index (χ1n) is 7.43. The van der Waals surface area contributed by atoms with Crippen LogP contribution in [0.1, 0.15) is 22.8 Å². The van der Waals surface area contributed by atoms with Crippen molar-refractivity contribution in [2.24, 2.45) is 0 Å². The summed E-state index contributed by atoms with van der Waals surface area (Å²) in [7, 11) is 5.35. The molecule has 0 saturated heterocycles. The monoisotopic (exact) mass is 314 g/mol. The molecule has 0 aliphatic rings. The molecular formula is C17H22N4O2. The summed E-state index contributed by atoms with van der Waals surface area (Å²) in [5.74, 6) is 1.22. The average molecular weight is 314 g/mol. The van der Waals surface area contributed by atoms with Gasteiger partial charge >= 0.3 is 0 Å². The van der Waals surface area contributed by atoms with Crippen molar-refractivity contribution < 1.29 is 9.53 Å². The quantitative estimate of drug-likeness (QED) is 0.882. The third-order valence-electron chi connectivity index (χ3n) is 3.40. The van der Waals surface area contributed by atoms with E-state index in [4.69, 9.17) is 4.74 Å². The molecular weight excluding hydrogens is 292 g/mol. The number of nitrogens with one attached hydrogen (secondary N) is 1. The minimum atomic E-state index is -0.183. The van der Waals surface area contributed by atoms with Crippen LogP contribution in [0.5, 0.6) is 5.75 Å². The molecule has 23 heavy (non-hydrogen) atoms. The Bertz CT molecular complexity index is 656. The number of methoxy groups -OCH3 is 1. The lowest BCUT2D eigenvalue weighted by atomic mass is 10.1. The highest BCUT2D eigenvalue weighted by Gasteiger charge is 2.13. The third kappa shape index (κ3) is 4.42.